The van der Waals surface area contributed by atoms with Gasteiger partial charge < -0.3 is 20.3 Å². The molecule has 0 spiro atoms. The Morgan fingerprint density at radius 3 is 2.68 bits per heavy atom. The molecule has 6 nitrogen and oxygen atoms in total. The molecule has 0 fully saturated rings. The second-order valence-electron chi connectivity index (χ2n) is 8.28. The lowest BCUT2D eigenvalue weighted by atomic mass is 10.0. The fourth-order valence-electron chi connectivity index (χ4n) is 4.29. The first-order chi connectivity index (χ1) is 15.9. The normalized spacial score (nSPS) is 16.3. The van der Waals surface area contributed by atoms with Crippen LogP contribution in [-0.4, -0.2) is 38.1 Å². The lowest BCUT2D eigenvalue weighted by Crippen LogP contribution is -2.52. The fraction of sp³-hybridized carbons (Fsp3) is 0.308. The standard InChI is InChI=1S/C26H28BrN3O3.ClH/c1-16(28-2)25(31)29-22-12-9-18-6-4-5-7-23(18)30(26(22)32)15-21-20-14-19(27)11-8-17(20)10-13-24(21)33-3;/h4-8,10-11,13-14,16,22,28H,9,12,15H2,1-3H3,(H,29,31);1H/t16-,22-;/m0./s1. The Morgan fingerprint density at radius 2 is 1.94 bits per heavy atom. The molecule has 1 aliphatic rings. The highest BCUT2D eigenvalue weighted by molar-refractivity contribution is 9.10. The summed E-state index contributed by atoms with van der Waals surface area (Å²) in [5, 5.41) is 7.97. The Hall–Kier alpha value is -2.61. The van der Waals surface area contributed by atoms with Crippen molar-refractivity contribution in [2.75, 3.05) is 19.1 Å². The third-order valence-electron chi connectivity index (χ3n) is 6.28. The van der Waals surface area contributed by atoms with Gasteiger partial charge in [0.1, 0.15) is 11.8 Å². The second kappa shape index (κ2) is 11.2. The van der Waals surface area contributed by atoms with E-state index in [1.54, 1.807) is 26.0 Å². The number of rotatable bonds is 6. The number of fused-ring (bicyclic) bond motifs is 2. The summed E-state index contributed by atoms with van der Waals surface area (Å²) in [6.45, 7) is 2.11. The molecule has 2 N–H and O–H groups in total. The number of anilines is 1. The molecule has 3 aromatic rings. The number of aryl methyl sites for hydroxylation is 1. The van der Waals surface area contributed by atoms with E-state index in [-0.39, 0.29) is 30.3 Å². The van der Waals surface area contributed by atoms with E-state index in [0.717, 1.165) is 37.8 Å². The van der Waals surface area contributed by atoms with E-state index in [1.165, 1.54) is 0 Å². The first-order valence-electron chi connectivity index (χ1n) is 11.0. The van der Waals surface area contributed by atoms with Crippen molar-refractivity contribution < 1.29 is 14.3 Å². The van der Waals surface area contributed by atoms with Crippen molar-refractivity contribution in [1.29, 1.82) is 0 Å². The summed E-state index contributed by atoms with van der Waals surface area (Å²) in [5.41, 5.74) is 2.88. The second-order valence-corrected chi connectivity index (χ2v) is 9.19. The average molecular weight is 547 g/mol. The molecule has 0 radical (unpaired) electrons. The molecule has 4 rings (SSSR count). The summed E-state index contributed by atoms with van der Waals surface area (Å²) in [7, 11) is 3.37. The maximum atomic E-state index is 13.8. The molecule has 0 saturated heterocycles. The van der Waals surface area contributed by atoms with Crippen LogP contribution in [0.15, 0.2) is 59.1 Å². The lowest BCUT2D eigenvalue weighted by Gasteiger charge is -2.28. The summed E-state index contributed by atoms with van der Waals surface area (Å²) in [4.78, 5) is 28.2. The zero-order valence-electron chi connectivity index (χ0n) is 19.4. The van der Waals surface area contributed by atoms with Gasteiger partial charge in [-0.3, -0.25) is 9.59 Å². The van der Waals surface area contributed by atoms with Crippen LogP contribution in [0.4, 0.5) is 5.69 Å². The number of halogens is 2. The average Bonchev–Trinajstić information content (AvgIpc) is 2.96. The number of nitrogens with one attached hydrogen (secondary N) is 2. The number of carbonyl (C=O) groups is 2. The van der Waals surface area contributed by atoms with Gasteiger partial charge in [0.25, 0.3) is 0 Å². The molecule has 3 aromatic carbocycles. The van der Waals surface area contributed by atoms with Crippen molar-refractivity contribution in [3.05, 3.63) is 70.2 Å². The summed E-state index contributed by atoms with van der Waals surface area (Å²) in [6.07, 6.45) is 1.25. The number of ether oxygens (including phenoxy) is 1. The van der Waals surface area contributed by atoms with Crippen molar-refractivity contribution in [1.82, 2.24) is 10.6 Å². The van der Waals surface area contributed by atoms with E-state index >= 15 is 0 Å². The molecule has 2 atom stereocenters. The van der Waals surface area contributed by atoms with Gasteiger partial charge >= 0.3 is 0 Å². The van der Waals surface area contributed by atoms with E-state index in [4.69, 9.17) is 4.74 Å². The number of carbonyl (C=O) groups excluding carboxylic acids is 2. The van der Waals surface area contributed by atoms with Gasteiger partial charge in [-0.25, -0.2) is 0 Å². The summed E-state index contributed by atoms with van der Waals surface area (Å²) in [5.74, 6) is 0.415. The molecular formula is C26H29BrClN3O3. The highest BCUT2D eigenvalue weighted by Crippen LogP contribution is 2.35. The molecule has 1 aliphatic heterocycles. The van der Waals surface area contributed by atoms with Crippen LogP contribution in [0.25, 0.3) is 10.8 Å². The van der Waals surface area contributed by atoms with Gasteiger partial charge in [-0.2, -0.15) is 0 Å². The molecule has 0 aromatic heterocycles. The Labute approximate surface area is 214 Å². The highest BCUT2D eigenvalue weighted by Gasteiger charge is 2.32. The van der Waals surface area contributed by atoms with Crippen LogP contribution >= 0.6 is 28.3 Å². The maximum absolute atomic E-state index is 13.8. The molecule has 180 valence electrons. The van der Waals surface area contributed by atoms with Crippen molar-refractivity contribution in [3.8, 4) is 5.75 Å². The predicted octanol–water partition coefficient (Wildman–Crippen LogP) is 4.60. The van der Waals surface area contributed by atoms with E-state index in [1.807, 2.05) is 48.5 Å². The van der Waals surface area contributed by atoms with E-state index in [0.29, 0.717) is 19.4 Å². The first-order valence-corrected chi connectivity index (χ1v) is 11.8. The predicted molar refractivity (Wildman–Crippen MR) is 142 cm³/mol. The maximum Gasteiger partial charge on any atom is 0.249 e. The summed E-state index contributed by atoms with van der Waals surface area (Å²) < 4.78 is 6.65. The number of benzene rings is 3. The molecule has 0 aliphatic carbocycles. The van der Waals surface area contributed by atoms with E-state index in [2.05, 4.69) is 32.6 Å². The molecule has 1 heterocycles. The van der Waals surface area contributed by atoms with Gasteiger partial charge in [-0.1, -0.05) is 46.3 Å². The largest absolute Gasteiger partial charge is 0.496 e. The molecule has 0 unspecified atom stereocenters. The quantitative estimate of drug-likeness (QED) is 0.474. The van der Waals surface area contributed by atoms with Crippen LogP contribution in [0.5, 0.6) is 5.75 Å². The van der Waals surface area contributed by atoms with Gasteiger partial charge in [0.2, 0.25) is 11.8 Å². The van der Waals surface area contributed by atoms with E-state index < -0.39 is 6.04 Å². The molecule has 2 amide bonds. The van der Waals surface area contributed by atoms with Crippen LogP contribution in [0.2, 0.25) is 0 Å². The lowest BCUT2D eigenvalue weighted by molar-refractivity contribution is -0.128. The number of likely N-dealkylation sites (N-methyl/N-ethyl adjacent to an activating group) is 1. The molecule has 0 bridgehead atoms. The topological polar surface area (TPSA) is 70.7 Å². The van der Waals surface area contributed by atoms with Crippen LogP contribution in [-0.2, 0) is 22.6 Å². The number of amides is 2. The van der Waals surface area contributed by atoms with Crippen LogP contribution in [0, 0.1) is 0 Å². The van der Waals surface area contributed by atoms with Crippen molar-refractivity contribution in [2.45, 2.75) is 38.4 Å². The van der Waals surface area contributed by atoms with Crippen LogP contribution in [0.3, 0.4) is 0 Å². The minimum atomic E-state index is -0.603. The van der Waals surface area contributed by atoms with E-state index in [9.17, 15) is 9.59 Å². The number of para-hydroxylation sites is 1. The van der Waals surface area contributed by atoms with Gasteiger partial charge in [-0.05, 0) is 67.4 Å². The molecule has 8 heteroatoms. The summed E-state index contributed by atoms with van der Waals surface area (Å²) >= 11 is 3.57. The number of hydrogen-bond donors (Lipinski definition) is 2. The molecule has 0 saturated carbocycles. The Balaban J connectivity index is 0.00000324. The Kier molecular flexibility index (Phi) is 8.57. The minimum absolute atomic E-state index is 0. The SMILES string of the molecule is CN[C@@H](C)C(=O)N[C@H]1CCc2ccccc2N(Cc2c(OC)ccc3ccc(Br)cc23)C1=O.Cl. The van der Waals surface area contributed by atoms with Gasteiger partial charge in [0.05, 0.1) is 19.7 Å². The molecular weight excluding hydrogens is 518 g/mol. The van der Waals surface area contributed by atoms with Crippen LogP contribution < -0.4 is 20.3 Å². The summed E-state index contributed by atoms with van der Waals surface area (Å²) in [6, 6.07) is 17.0. The Bertz CT molecular complexity index is 1200. The van der Waals surface area contributed by atoms with Crippen molar-refractivity contribution >= 4 is 56.6 Å². The van der Waals surface area contributed by atoms with Gasteiger partial charge in [-0.15, -0.1) is 12.4 Å². The number of methoxy groups -OCH3 is 1. The number of hydrogen-bond acceptors (Lipinski definition) is 4. The highest BCUT2D eigenvalue weighted by atomic mass is 79.9. The van der Waals surface area contributed by atoms with Crippen LogP contribution in [0.1, 0.15) is 24.5 Å². The third-order valence-corrected chi connectivity index (χ3v) is 6.77. The minimum Gasteiger partial charge on any atom is -0.496 e. The smallest absolute Gasteiger partial charge is 0.249 e. The zero-order valence-corrected chi connectivity index (χ0v) is 21.8. The Morgan fingerprint density at radius 1 is 1.21 bits per heavy atom. The van der Waals surface area contributed by atoms with Gasteiger partial charge in [0, 0.05) is 15.7 Å². The van der Waals surface area contributed by atoms with Crippen molar-refractivity contribution in [3.63, 3.8) is 0 Å². The monoisotopic (exact) mass is 545 g/mol. The first kappa shape index (κ1) is 26.0. The van der Waals surface area contributed by atoms with Gasteiger partial charge in [0.15, 0.2) is 0 Å². The fourth-order valence-corrected chi connectivity index (χ4v) is 4.65. The molecule has 34 heavy (non-hydrogen) atoms. The third kappa shape index (κ3) is 5.22. The number of nitrogens with zero attached hydrogens (tertiary/aromatic N) is 1. The zero-order chi connectivity index (χ0) is 23.5. The van der Waals surface area contributed by atoms with Crippen molar-refractivity contribution in [2.24, 2.45) is 0 Å².